The SMILES string of the molecule is N#CC1CCC2C3C=CC(CC3)C12. The highest BCUT2D eigenvalue weighted by Gasteiger charge is 2.47. The molecule has 0 N–H and O–H groups in total. The Kier molecular flexibility index (Phi) is 1.53. The van der Waals surface area contributed by atoms with Crippen molar-refractivity contribution in [1.82, 2.24) is 0 Å². The maximum Gasteiger partial charge on any atom is 0.0659 e. The highest BCUT2D eigenvalue weighted by molar-refractivity contribution is 5.15. The molecule has 0 spiro atoms. The molecule has 2 saturated carbocycles. The summed E-state index contributed by atoms with van der Waals surface area (Å²) >= 11 is 0. The normalized spacial score (nSPS) is 51.8. The highest BCUT2D eigenvalue weighted by atomic mass is 14.5. The van der Waals surface area contributed by atoms with Gasteiger partial charge >= 0.3 is 0 Å². The number of rotatable bonds is 0. The second kappa shape index (κ2) is 2.61. The molecule has 0 aromatic carbocycles. The second-order valence-electron chi connectivity index (χ2n) is 4.84. The Bertz CT molecular complexity index is 286. The van der Waals surface area contributed by atoms with Crippen molar-refractivity contribution in [3.63, 3.8) is 0 Å². The van der Waals surface area contributed by atoms with Crippen molar-refractivity contribution in [3.05, 3.63) is 12.2 Å². The van der Waals surface area contributed by atoms with Crippen LogP contribution in [0.1, 0.15) is 25.7 Å². The molecule has 5 unspecified atom stereocenters. The fourth-order valence-corrected chi connectivity index (χ4v) is 3.86. The standard InChI is InChI=1S/C12H15N/c13-7-10-5-6-11-8-1-3-9(4-2-8)12(10)11/h1,3,8-12H,2,4-6H2. The summed E-state index contributed by atoms with van der Waals surface area (Å²) in [5.74, 6) is 3.56. The van der Waals surface area contributed by atoms with Gasteiger partial charge in [0.15, 0.2) is 0 Å². The first-order valence-corrected chi connectivity index (χ1v) is 5.48. The van der Waals surface area contributed by atoms with Crippen LogP contribution in [0.15, 0.2) is 12.2 Å². The van der Waals surface area contributed by atoms with Gasteiger partial charge in [0.25, 0.3) is 0 Å². The molecule has 1 heteroatoms. The summed E-state index contributed by atoms with van der Waals surface area (Å²) in [6, 6.07) is 2.51. The molecule has 0 heterocycles. The van der Waals surface area contributed by atoms with Gasteiger partial charge in [0, 0.05) is 5.92 Å². The summed E-state index contributed by atoms with van der Waals surface area (Å²) < 4.78 is 0. The molecule has 0 amide bonds. The molecular formula is C12H15N. The Hall–Kier alpha value is -0.770. The van der Waals surface area contributed by atoms with E-state index in [0.717, 1.165) is 23.7 Å². The van der Waals surface area contributed by atoms with Gasteiger partial charge in [-0.3, -0.25) is 0 Å². The molecule has 0 saturated heterocycles. The second-order valence-corrected chi connectivity index (χ2v) is 4.84. The van der Waals surface area contributed by atoms with E-state index in [2.05, 4.69) is 18.2 Å². The van der Waals surface area contributed by atoms with Gasteiger partial charge in [0.2, 0.25) is 0 Å². The molecular weight excluding hydrogens is 158 g/mol. The van der Waals surface area contributed by atoms with Gasteiger partial charge in [0.1, 0.15) is 0 Å². The monoisotopic (exact) mass is 173 g/mol. The minimum absolute atomic E-state index is 0.378. The van der Waals surface area contributed by atoms with Crippen LogP contribution in [0.3, 0.4) is 0 Å². The number of hydrogen-bond donors (Lipinski definition) is 0. The summed E-state index contributed by atoms with van der Waals surface area (Å²) in [6.07, 6.45) is 10.0. The Morgan fingerprint density at radius 1 is 1.00 bits per heavy atom. The molecule has 4 aliphatic carbocycles. The van der Waals surface area contributed by atoms with Crippen LogP contribution in [0.4, 0.5) is 0 Å². The van der Waals surface area contributed by atoms with E-state index < -0.39 is 0 Å². The molecule has 4 aliphatic rings. The molecule has 5 atom stereocenters. The van der Waals surface area contributed by atoms with Crippen molar-refractivity contribution in [2.24, 2.45) is 29.6 Å². The van der Waals surface area contributed by atoms with Gasteiger partial charge in [-0.2, -0.15) is 5.26 Å². The average Bonchev–Trinajstić information content (AvgIpc) is 2.64. The van der Waals surface area contributed by atoms with E-state index in [9.17, 15) is 0 Å². The molecule has 1 nitrogen and oxygen atoms in total. The first kappa shape index (κ1) is 7.62. The molecule has 0 aliphatic heterocycles. The van der Waals surface area contributed by atoms with Crippen molar-refractivity contribution in [3.8, 4) is 6.07 Å². The van der Waals surface area contributed by atoms with Crippen molar-refractivity contribution in [2.45, 2.75) is 25.7 Å². The third-order valence-electron chi connectivity index (χ3n) is 4.42. The van der Waals surface area contributed by atoms with Crippen LogP contribution in [0, 0.1) is 40.9 Å². The zero-order valence-electron chi connectivity index (χ0n) is 7.82. The van der Waals surface area contributed by atoms with Crippen LogP contribution in [0.2, 0.25) is 0 Å². The van der Waals surface area contributed by atoms with Crippen LogP contribution < -0.4 is 0 Å². The lowest BCUT2D eigenvalue weighted by molar-refractivity contribution is 0.135. The Labute approximate surface area is 79.4 Å². The molecule has 0 aromatic rings. The zero-order chi connectivity index (χ0) is 8.84. The van der Waals surface area contributed by atoms with Gasteiger partial charge < -0.3 is 0 Å². The van der Waals surface area contributed by atoms with E-state index in [-0.39, 0.29) is 0 Å². The maximum absolute atomic E-state index is 9.06. The lowest BCUT2D eigenvalue weighted by Crippen LogP contribution is -2.35. The predicted molar refractivity (Wildman–Crippen MR) is 50.7 cm³/mol. The summed E-state index contributed by atoms with van der Waals surface area (Å²) in [4.78, 5) is 0. The molecule has 68 valence electrons. The van der Waals surface area contributed by atoms with E-state index in [1.54, 1.807) is 0 Å². The quantitative estimate of drug-likeness (QED) is 0.517. The smallest absolute Gasteiger partial charge is 0.0659 e. The number of nitriles is 1. The van der Waals surface area contributed by atoms with E-state index >= 15 is 0 Å². The van der Waals surface area contributed by atoms with Crippen LogP contribution in [0.5, 0.6) is 0 Å². The molecule has 0 aromatic heterocycles. The average molecular weight is 173 g/mol. The van der Waals surface area contributed by atoms with Crippen molar-refractivity contribution in [2.75, 3.05) is 0 Å². The summed E-state index contributed by atoms with van der Waals surface area (Å²) in [6.45, 7) is 0. The fraction of sp³-hybridized carbons (Fsp3) is 0.750. The van der Waals surface area contributed by atoms with Gasteiger partial charge in [-0.25, -0.2) is 0 Å². The van der Waals surface area contributed by atoms with Crippen molar-refractivity contribution < 1.29 is 0 Å². The molecule has 4 rings (SSSR count). The fourth-order valence-electron chi connectivity index (χ4n) is 3.86. The minimum atomic E-state index is 0.378. The number of allylic oxidation sites excluding steroid dienone is 2. The first-order valence-electron chi connectivity index (χ1n) is 5.48. The molecule has 0 radical (unpaired) electrons. The predicted octanol–water partition coefficient (Wildman–Crippen LogP) is 2.75. The Balaban J connectivity index is 1.95. The third kappa shape index (κ3) is 0.921. The van der Waals surface area contributed by atoms with Crippen LogP contribution >= 0.6 is 0 Å². The molecule has 2 fully saturated rings. The van der Waals surface area contributed by atoms with Gasteiger partial charge in [-0.05, 0) is 49.4 Å². The number of fused-ring (bicyclic) bond motifs is 1. The third-order valence-corrected chi connectivity index (χ3v) is 4.42. The van der Waals surface area contributed by atoms with Gasteiger partial charge in [-0.15, -0.1) is 0 Å². The number of nitrogens with zero attached hydrogens (tertiary/aromatic N) is 1. The summed E-state index contributed by atoms with van der Waals surface area (Å²) in [5, 5.41) is 9.06. The molecule has 13 heavy (non-hydrogen) atoms. The van der Waals surface area contributed by atoms with Gasteiger partial charge in [0.05, 0.1) is 6.07 Å². The minimum Gasteiger partial charge on any atom is -0.198 e. The lowest BCUT2D eigenvalue weighted by atomic mass is 9.62. The van der Waals surface area contributed by atoms with E-state index in [0.29, 0.717) is 5.92 Å². The lowest BCUT2D eigenvalue weighted by Gasteiger charge is -2.42. The number of hydrogen-bond acceptors (Lipinski definition) is 1. The summed E-state index contributed by atoms with van der Waals surface area (Å²) in [5.41, 5.74) is 0. The van der Waals surface area contributed by atoms with Crippen LogP contribution in [0.25, 0.3) is 0 Å². The summed E-state index contributed by atoms with van der Waals surface area (Å²) in [7, 11) is 0. The van der Waals surface area contributed by atoms with E-state index in [1.165, 1.54) is 25.7 Å². The first-order chi connectivity index (χ1) is 6.40. The highest BCUT2D eigenvalue weighted by Crippen LogP contribution is 2.54. The largest absolute Gasteiger partial charge is 0.198 e. The topological polar surface area (TPSA) is 23.8 Å². The Morgan fingerprint density at radius 3 is 2.46 bits per heavy atom. The van der Waals surface area contributed by atoms with E-state index in [1.807, 2.05) is 0 Å². The zero-order valence-corrected chi connectivity index (χ0v) is 7.82. The Morgan fingerprint density at radius 2 is 1.77 bits per heavy atom. The molecule has 2 bridgehead atoms. The van der Waals surface area contributed by atoms with E-state index in [4.69, 9.17) is 5.26 Å². The van der Waals surface area contributed by atoms with Crippen molar-refractivity contribution >= 4 is 0 Å². The van der Waals surface area contributed by atoms with Crippen LogP contribution in [-0.4, -0.2) is 0 Å². The van der Waals surface area contributed by atoms with Gasteiger partial charge in [-0.1, -0.05) is 12.2 Å². The van der Waals surface area contributed by atoms with Crippen molar-refractivity contribution in [1.29, 1.82) is 5.26 Å². The van der Waals surface area contributed by atoms with Crippen LogP contribution in [-0.2, 0) is 0 Å². The maximum atomic E-state index is 9.06.